The van der Waals surface area contributed by atoms with Gasteiger partial charge in [0.15, 0.2) is 11.0 Å². The molecule has 0 spiro atoms. The number of hydrazone groups is 1. The van der Waals surface area contributed by atoms with Gasteiger partial charge in [0.05, 0.1) is 41.0 Å². The number of hydrogen-bond acceptors (Lipinski definition) is 10. The van der Waals surface area contributed by atoms with E-state index in [0.717, 1.165) is 27.5 Å². The van der Waals surface area contributed by atoms with E-state index in [2.05, 4.69) is 15.5 Å². The van der Waals surface area contributed by atoms with Gasteiger partial charge in [0.1, 0.15) is 5.75 Å². The largest absolute Gasteiger partial charge is 0.497 e. The number of nitro benzene ring substituents is 1. The molecule has 0 radical (unpaired) electrons. The van der Waals surface area contributed by atoms with Crippen molar-refractivity contribution in [3.8, 4) is 5.75 Å². The minimum absolute atomic E-state index is 0.0391. The summed E-state index contributed by atoms with van der Waals surface area (Å²) in [4.78, 5) is 38.9. The number of thioether (sulfide) groups is 1. The summed E-state index contributed by atoms with van der Waals surface area (Å²) in [7, 11) is 1.62. The van der Waals surface area contributed by atoms with Crippen molar-refractivity contribution in [2.45, 2.75) is 44.1 Å². The first-order chi connectivity index (χ1) is 23.8. The number of carbonyl (C=O) groups is 2. The van der Waals surface area contributed by atoms with Crippen LogP contribution in [0.15, 0.2) is 101 Å². The number of ether oxygens (including phenoxy) is 1. The molecule has 0 unspecified atom stereocenters. The van der Waals surface area contributed by atoms with Crippen molar-refractivity contribution in [1.29, 1.82) is 0 Å². The maximum atomic E-state index is 13.8. The third kappa shape index (κ3) is 7.71. The Balaban J connectivity index is 1.20. The number of aryl methyl sites for hydroxylation is 1. The monoisotopic (exact) mass is 695 g/mol. The van der Waals surface area contributed by atoms with E-state index in [-0.39, 0.29) is 41.1 Å². The molecule has 0 saturated carbocycles. The fourth-order valence-electron chi connectivity index (χ4n) is 5.60. The Morgan fingerprint density at radius 2 is 1.84 bits per heavy atom. The predicted octanol–water partition coefficient (Wildman–Crippen LogP) is 6.21. The molecule has 1 N–H and O–H groups in total. The first-order valence-corrected chi connectivity index (χ1v) is 17.4. The van der Waals surface area contributed by atoms with Crippen molar-refractivity contribution >= 4 is 46.3 Å². The van der Waals surface area contributed by atoms with Crippen molar-refractivity contribution in [1.82, 2.24) is 25.1 Å². The lowest BCUT2D eigenvalue weighted by molar-refractivity contribution is -0.385. The van der Waals surface area contributed by atoms with Crippen LogP contribution in [0.1, 0.15) is 50.2 Å². The second kappa shape index (κ2) is 15.3. The summed E-state index contributed by atoms with van der Waals surface area (Å²) in [6.45, 7) is 2.10. The molecule has 12 nitrogen and oxygen atoms in total. The van der Waals surface area contributed by atoms with E-state index < -0.39 is 10.8 Å². The van der Waals surface area contributed by atoms with Crippen LogP contribution in [0.3, 0.4) is 0 Å². The molecule has 1 aliphatic heterocycles. The van der Waals surface area contributed by atoms with Crippen LogP contribution in [-0.4, -0.2) is 55.1 Å². The molecule has 3 heterocycles. The van der Waals surface area contributed by atoms with Crippen molar-refractivity contribution in [2.24, 2.45) is 5.10 Å². The van der Waals surface area contributed by atoms with Crippen LogP contribution in [0.4, 0.5) is 5.69 Å². The number of benzene rings is 3. The first-order valence-electron chi connectivity index (χ1n) is 15.5. The number of aromatic nitrogens is 3. The summed E-state index contributed by atoms with van der Waals surface area (Å²) >= 11 is 2.85. The normalized spacial score (nSPS) is 14.0. The molecule has 1 aliphatic rings. The molecular weight excluding hydrogens is 663 g/mol. The van der Waals surface area contributed by atoms with Gasteiger partial charge in [0.25, 0.3) is 17.5 Å². The molecule has 6 rings (SSSR count). The van der Waals surface area contributed by atoms with Crippen LogP contribution in [-0.2, 0) is 24.3 Å². The third-order valence-electron chi connectivity index (χ3n) is 8.21. The number of nitrogens with one attached hydrogen (secondary N) is 1. The third-order valence-corrected chi connectivity index (χ3v) is 10.1. The summed E-state index contributed by atoms with van der Waals surface area (Å²) in [6, 6.07) is 25.7. The zero-order valence-electron chi connectivity index (χ0n) is 26.8. The van der Waals surface area contributed by atoms with Crippen molar-refractivity contribution in [3.63, 3.8) is 0 Å². The topological polar surface area (TPSA) is 145 Å². The summed E-state index contributed by atoms with van der Waals surface area (Å²) in [6.07, 6.45) is 1.26. The standard InChI is InChI=1S/C35H33N7O5S2/c1-23-27(10-6-11-29(23)42(45)46)34(44)36-21-32-37-38-35(40(32)18-17-24-8-4-3-5-9-24)49-22-33(43)41-30(25-13-15-26(47-2)16-14-25)20-28(39-41)31-12-7-19-48-31/h3-16,19,30H,17-18,20-22H2,1-2H3,(H,36,44)/t30-/m0/s1. The Hall–Kier alpha value is -5.34. The average molecular weight is 696 g/mol. The molecule has 0 fully saturated rings. The number of thiophene rings is 1. The van der Waals surface area contributed by atoms with E-state index >= 15 is 0 Å². The number of methoxy groups -OCH3 is 1. The van der Waals surface area contributed by atoms with Gasteiger partial charge in [-0.05, 0) is 54.1 Å². The number of carbonyl (C=O) groups excluding carboxylic acids is 2. The molecule has 0 aliphatic carbocycles. The van der Waals surface area contributed by atoms with E-state index in [1.807, 2.05) is 76.7 Å². The number of nitro groups is 1. The molecule has 49 heavy (non-hydrogen) atoms. The van der Waals surface area contributed by atoms with Crippen molar-refractivity contribution in [3.05, 3.63) is 133 Å². The molecular formula is C35H33N7O5S2. The highest BCUT2D eigenvalue weighted by atomic mass is 32.2. The summed E-state index contributed by atoms with van der Waals surface area (Å²) < 4.78 is 7.23. The Labute approximate surface area is 291 Å². The quantitative estimate of drug-likeness (QED) is 0.0870. The van der Waals surface area contributed by atoms with Gasteiger partial charge in [-0.15, -0.1) is 21.5 Å². The van der Waals surface area contributed by atoms with Gasteiger partial charge in [-0.25, -0.2) is 5.01 Å². The van der Waals surface area contributed by atoms with Gasteiger partial charge < -0.3 is 14.6 Å². The highest BCUT2D eigenvalue weighted by molar-refractivity contribution is 7.99. The fraction of sp³-hybridized carbons (Fsp3) is 0.229. The molecule has 3 aromatic carbocycles. The van der Waals surface area contributed by atoms with E-state index in [4.69, 9.17) is 9.84 Å². The number of amides is 2. The minimum Gasteiger partial charge on any atom is -0.497 e. The number of nitrogens with zero attached hydrogens (tertiary/aromatic N) is 6. The van der Waals surface area contributed by atoms with Gasteiger partial charge in [0.2, 0.25) is 0 Å². The molecule has 2 amide bonds. The van der Waals surface area contributed by atoms with Gasteiger partial charge in [-0.1, -0.05) is 66.4 Å². The fourth-order valence-corrected chi connectivity index (χ4v) is 7.16. The van der Waals surface area contributed by atoms with Crippen LogP contribution >= 0.6 is 23.1 Å². The van der Waals surface area contributed by atoms with Crippen LogP contribution in [0.2, 0.25) is 0 Å². The van der Waals surface area contributed by atoms with Crippen LogP contribution < -0.4 is 10.1 Å². The van der Waals surface area contributed by atoms with Crippen LogP contribution in [0.5, 0.6) is 5.75 Å². The van der Waals surface area contributed by atoms with E-state index in [0.29, 0.717) is 30.4 Å². The maximum Gasteiger partial charge on any atom is 0.273 e. The summed E-state index contributed by atoms with van der Waals surface area (Å²) in [5, 5.41) is 31.9. The highest BCUT2D eigenvalue weighted by Gasteiger charge is 2.34. The van der Waals surface area contributed by atoms with E-state index in [1.165, 1.54) is 23.9 Å². The average Bonchev–Trinajstić information content (AvgIpc) is 3.90. The number of rotatable bonds is 13. The Bertz CT molecular complexity index is 1980. The molecule has 0 saturated heterocycles. The molecule has 0 bridgehead atoms. The smallest absolute Gasteiger partial charge is 0.273 e. The first kappa shape index (κ1) is 33.6. The minimum atomic E-state index is -0.507. The second-order valence-electron chi connectivity index (χ2n) is 11.2. The Kier molecular flexibility index (Phi) is 10.4. The van der Waals surface area contributed by atoms with Gasteiger partial charge in [-0.3, -0.25) is 19.7 Å². The zero-order valence-corrected chi connectivity index (χ0v) is 28.4. The highest BCUT2D eigenvalue weighted by Crippen LogP contribution is 2.35. The molecule has 2 aromatic heterocycles. The molecule has 5 aromatic rings. The van der Waals surface area contributed by atoms with Crippen molar-refractivity contribution in [2.75, 3.05) is 12.9 Å². The van der Waals surface area contributed by atoms with Crippen LogP contribution in [0, 0.1) is 17.0 Å². The van der Waals surface area contributed by atoms with E-state index in [1.54, 1.807) is 36.4 Å². The second-order valence-corrected chi connectivity index (χ2v) is 13.1. The van der Waals surface area contributed by atoms with Crippen molar-refractivity contribution < 1.29 is 19.2 Å². The lowest BCUT2D eigenvalue weighted by atomic mass is 10.0. The van der Waals surface area contributed by atoms with Gasteiger partial charge >= 0.3 is 0 Å². The van der Waals surface area contributed by atoms with Crippen LogP contribution in [0.25, 0.3) is 0 Å². The zero-order chi connectivity index (χ0) is 34.3. The van der Waals surface area contributed by atoms with E-state index in [9.17, 15) is 19.7 Å². The lowest BCUT2D eigenvalue weighted by Crippen LogP contribution is -2.28. The summed E-state index contributed by atoms with van der Waals surface area (Å²) in [5.74, 6) is 0.665. The van der Waals surface area contributed by atoms with Gasteiger partial charge in [0, 0.05) is 30.2 Å². The molecule has 250 valence electrons. The number of hydrogen-bond donors (Lipinski definition) is 1. The SMILES string of the molecule is COc1ccc([C@@H]2CC(c3cccs3)=NN2C(=O)CSc2nnc(CNC(=O)c3cccc([N+](=O)[O-])c3C)n2CCc2ccccc2)cc1. The molecule has 14 heteroatoms. The molecule has 1 atom stereocenters. The lowest BCUT2D eigenvalue weighted by Gasteiger charge is -2.22. The maximum absolute atomic E-state index is 13.8. The predicted molar refractivity (Wildman–Crippen MR) is 188 cm³/mol. The Morgan fingerprint density at radius 1 is 1.04 bits per heavy atom. The Morgan fingerprint density at radius 3 is 2.55 bits per heavy atom. The van der Waals surface area contributed by atoms with Gasteiger partial charge in [-0.2, -0.15) is 5.10 Å². The summed E-state index contributed by atoms with van der Waals surface area (Å²) in [5.41, 5.74) is 3.30.